The topological polar surface area (TPSA) is 146 Å². The molecule has 0 aromatic carbocycles. The second kappa shape index (κ2) is 13.1. The van der Waals surface area contributed by atoms with Gasteiger partial charge in [-0.05, 0) is 67.5 Å². The molecule has 0 unspecified atom stereocenters. The lowest BCUT2D eigenvalue weighted by Gasteiger charge is -2.33. The van der Waals surface area contributed by atoms with Gasteiger partial charge in [0.2, 0.25) is 17.7 Å². The van der Waals surface area contributed by atoms with Crippen LogP contribution in [0.25, 0.3) is 0 Å². The molecule has 212 valence electrons. The van der Waals surface area contributed by atoms with Gasteiger partial charge in [-0.25, -0.2) is 9.59 Å². The third-order valence-corrected chi connectivity index (χ3v) is 5.79. The van der Waals surface area contributed by atoms with Crippen molar-refractivity contribution >= 4 is 29.8 Å². The number of likely N-dealkylation sites (N-methyl/N-ethyl adjacent to an activating group) is 1. The number of carbonyl (C=O) groups is 5. The van der Waals surface area contributed by atoms with Gasteiger partial charge in [0, 0.05) is 13.1 Å². The number of alkyl carbamates (subject to hydrolysis) is 1. The highest BCUT2D eigenvalue weighted by Crippen LogP contribution is 2.20. The number of carbonyl (C=O) groups excluding carboxylic acids is 5. The third kappa shape index (κ3) is 9.83. The van der Waals surface area contributed by atoms with Gasteiger partial charge in [0.15, 0.2) is 0 Å². The Labute approximate surface area is 220 Å². The molecule has 37 heavy (non-hydrogen) atoms. The van der Waals surface area contributed by atoms with Crippen LogP contribution in [0, 0.1) is 5.92 Å². The SMILES string of the molecule is COC(=O)[C@@H](NC(=O)C(C)(C)NC(=O)[C@H]1CCCN1C(=O)[C@H](CN(C)C)NC(=O)OC(C)(C)C)C(C)C. The number of ether oxygens (including phenoxy) is 2. The molecule has 0 aliphatic carbocycles. The standard InChI is InChI=1S/C25H45N5O7/c1-15(2)18(21(33)36-10)27-22(34)25(6,7)28-19(31)17-12-11-13-30(17)20(32)16(14-29(8)9)26-23(35)37-24(3,4)5/h15-18H,11-14H2,1-10H3,(H,26,35)(H,27,34)(H,28,31)/t16-,17+,18-/m0/s1. The van der Waals surface area contributed by atoms with Crippen LogP contribution in [0.4, 0.5) is 4.79 Å². The molecule has 1 heterocycles. The molecule has 1 saturated heterocycles. The highest BCUT2D eigenvalue weighted by molar-refractivity contribution is 5.96. The second-order valence-electron chi connectivity index (χ2n) is 11.5. The summed E-state index contributed by atoms with van der Waals surface area (Å²) in [7, 11) is 4.78. The largest absolute Gasteiger partial charge is 0.467 e. The summed E-state index contributed by atoms with van der Waals surface area (Å²) < 4.78 is 10.1. The number of hydrogen-bond donors (Lipinski definition) is 3. The van der Waals surface area contributed by atoms with Gasteiger partial charge < -0.3 is 35.2 Å². The Hall–Kier alpha value is -2.89. The molecule has 1 rings (SSSR count). The number of methoxy groups -OCH3 is 1. The molecule has 0 aromatic heterocycles. The molecule has 0 saturated carbocycles. The number of rotatable bonds is 10. The minimum atomic E-state index is -1.37. The first-order valence-electron chi connectivity index (χ1n) is 12.5. The van der Waals surface area contributed by atoms with E-state index in [1.807, 2.05) is 0 Å². The van der Waals surface area contributed by atoms with E-state index >= 15 is 0 Å². The van der Waals surface area contributed by atoms with E-state index < -0.39 is 59.0 Å². The van der Waals surface area contributed by atoms with Crippen molar-refractivity contribution in [2.24, 2.45) is 5.92 Å². The van der Waals surface area contributed by atoms with Crippen LogP contribution in [0.5, 0.6) is 0 Å². The Balaban J connectivity index is 2.99. The van der Waals surface area contributed by atoms with E-state index in [0.29, 0.717) is 19.4 Å². The first-order chi connectivity index (χ1) is 16.9. The molecule has 0 bridgehead atoms. The average molecular weight is 528 g/mol. The van der Waals surface area contributed by atoms with Crippen molar-refractivity contribution in [2.45, 2.75) is 90.6 Å². The molecule has 3 N–H and O–H groups in total. The summed E-state index contributed by atoms with van der Waals surface area (Å²) in [6.45, 7) is 12.3. The summed E-state index contributed by atoms with van der Waals surface area (Å²) in [5.41, 5.74) is -2.10. The maximum atomic E-state index is 13.4. The molecule has 4 amide bonds. The van der Waals surface area contributed by atoms with E-state index in [1.54, 1.807) is 53.6 Å². The van der Waals surface area contributed by atoms with Crippen LogP contribution in [0.1, 0.15) is 61.3 Å². The van der Waals surface area contributed by atoms with E-state index in [1.165, 1.54) is 25.9 Å². The third-order valence-electron chi connectivity index (χ3n) is 5.79. The quantitative estimate of drug-likeness (QED) is 0.351. The fraction of sp³-hybridized carbons (Fsp3) is 0.800. The van der Waals surface area contributed by atoms with Crippen molar-refractivity contribution in [1.82, 2.24) is 25.8 Å². The minimum absolute atomic E-state index is 0.209. The minimum Gasteiger partial charge on any atom is -0.467 e. The Morgan fingerprint density at radius 2 is 1.62 bits per heavy atom. The van der Waals surface area contributed by atoms with Crippen molar-refractivity contribution < 1.29 is 33.4 Å². The smallest absolute Gasteiger partial charge is 0.408 e. The molecule has 1 aliphatic heterocycles. The maximum Gasteiger partial charge on any atom is 0.408 e. The molecule has 0 radical (unpaired) electrons. The zero-order chi connectivity index (χ0) is 28.7. The normalized spacial score (nSPS) is 17.7. The van der Waals surface area contributed by atoms with Gasteiger partial charge in [0.1, 0.15) is 29.3 Å². The predicted molar refractivity (Wildman–Crippen MR) is 137 cm³/mol. The fourth-order valence-electron chi connectivity index (χ4n) is 3.90. The Morgan fingerprint density at radius 3 is 2.11 bits per heavy atom. The summed E-state index contributed by atoms with van der Waals surface area (Å²) in [6.07, 6.45) is 0.277. The number of nitrogens with zero attached hydrogens (tertiary/aromatic N) is 2. The first-order valence-corrected chi connectivity index (χ1v) is 12.5. The maximum absolute atomic E-state index is 13.4. The lowest BCUT2D eigenvalue weighted by Crippen LogP contribution is -2.62. The van der Waals surface area contributed by atoms with Crippen LogP contribution in [-0.2, 0) is 28.7 Å². The first kappa shape index (κ1) is 32.1. The van der Waals surface area contributed by atoms with Crippen molar-refractivity contribution in [3.8, 4) is 0 Å². The van der Waals surface area contributed by atoms with E-state index in [2.05, 4.69) is 16.0 Å². The van der Waals surface area contributed by atoms with Crippen molar-refractivity contribution in [1.29, 1.82) is 0 Å². The molecular weight excluding hydrogens is 482 g/mol. The summed E-state index contributed by atoms with van der Waals surface area (Å²) in [4.78, 5) is 67.2. The monoisotopic (exact) mass is 527 g/mol. The number of amides is 4. The molecule has 12 nitrogen and oxygen atoms in total. The van der Waals surface area contributed by atoms with Gasteiger partial charge in [-0.2, -0.15) is 0 Å². The average Bonchev–Trinajstić information content (AvgIpc) is 3.23. The number of nitrogens with one attached hydrogen (secondary N) is 3. The molecule has 3 atom stereocenters. The van der Waals surface area contributed by atoms with Crippen LogP contribution in [-0.4, -0.2) is 103 Å². The lowest BCUT2D eigenvalue weighted by atomic mass is 9.99. The number of esters is 1. The van der Waals surface area contributed by atoms with E-state index in [0.717, 1.165) is 0 Å². The molecule has 0 spiro atoms. The highest BCUT2D eigenvalue weighted by Gasteiger charge is 2.41. The lowest BCUT2D eigenvalue weighted by molar-refractivity contribution is -0.147. The Kier molecular flexibility index (Phi) is 11.4. The fourth-order valence-corrected chi connectivity index (χ4v) is 3.90. The molecule has 1 aliphatic rings. The van der Waals surface area contributed by atoms with Crippen LogP contribution < -0.4 is 16.0 Å². The van der Waals surface area contributed by atoms with Gasteiger partial charge in [0.25, 0.3) is 0 Å². The van der Waals surface area contributed by atoms with E-state index in [4.69, 9.17) is 9.47 Å². The van der Waals surface area contributed by atoms with Gasteiger partial charge in [0.05, 0.1) is 7.11 Å². The predicted octanol–water partition coefficient (Wildman–Crippen LogP) is 0.641. The Bertz CT molecular complexity index is 851. The molecule has 1 fully saturated rings. The highest BCUT2D eigenvalue weighted by atomic mass is 16.6. The molecule has 0 aromatic rings. The van der Waals surface area contributed by atoms with Crippen molar-refractivity contribution in [2.75, 3.05) is 34.3 Å². The summed E-state index contributed by atoms with van der Waals surface area (Å²) in [5.74, 6) is -2.27. The van der Waals surface area contributed by atoms with Gasteiger partial charge in [-0.1, -0.05) is 13.8 Å². The van der Waals surface area contributed by atoms with E-state index in [9.17, 15) is 24.0 Å². The summed E-state index contributed by atoms with van der Waals surface area (Å²) in [6, 6.07) is -2.61. The van der Waals surface area contributed by atoms with Gasteiger partial charge in [-0.3, -0.25) is 14.4 Å². The van der Waals surface area contributed by atoms with Crippen LogP contribution in [0.15, 0.2) is 0 Å². The zero-order valence-corrected chi connectivity index (χ0v) is 23.9. The van der Waals surface area contributed by atoms with Crippen LogP contribution in [0.3, 0.4) is 0 Å². The second-order valence-corrected chi connectivity index (χ2v) is 11.5. The van der Waals surface area contributed by atoms with Crippen molar-refractivity contribution in [3.05, 3.63) is 0 Å². The summed E-state index contributed by atoms with van der Waals surface area (Å²) in [5, 5.41) is 7.98. The van der Waals surface area contributed by atoms with Crippen molar-refractivity contribution in [3.63, 3.8) is 0 Å². The van der Waals surface area contributed by atoms with E-state index in [-0.39, 0.29) is 12.5 Å². The molecular formula is C25H45N5O7. The number of hydrogen-bond acceptors (Lipinski definition) is 8. The Morgan fingerprint density at radius 1 is 1.03 bits per heavy atom. The van der Waals surface area contributed by atoms with Crippen LogP contribution in [0.2, 0.25) is 0 Å². The molecule has 12 heteroatoms. The van der Waals surface area contributed by atoms with Gasteiger partial charge >= 0.3 is 12.1 Å². The zero-order valence-electron chi connectivity index (χ0n) is 23.9. The summed E-state index contributed by atoms with van der Waals surface area (Å²) >= 11 is 0. The van der Waals surface area contributed by atoms with Gasteiger partial charge in [-0.15, -0.1) is 0 Å². The van der Waals surface area contributed by atoms with Crippen LogP contribution >= 0.6 is 0 Å². The number of likely N-dealkylation sites (tertiary alicyclic amines) is 1.